The number of hydrogen-bond donors (Lipinski definition) is 1. The van der Waals surface area contributed by atoms with Crippen LogP contribution in [0.15, 0.2) is 24.5 Å². The maximum Gasteiger partial charge on any atom is 0.420 e. The van der Waals surface area contributed by atoms with E-state index in [9.17, 15) is 13.2 Å². The van der Waals surface area contributed by atoms with Gasteiger partial charge in [-0.3, -0.25) is 4.98 Å². The van der Waals surface area contributed by atoms with E-state index >= 15 is 0 Å². The van der Waals surface area contributed by atoms with E-state index in [1.165, 1.54) is 6.20 Å². The third-order valence-corrected chi connectivity index (χ3v) is 7.44. The van der Waals surface area contributed by atoms with E-state index in [1.807, 2.05) is 6.92 Å². The molecule has 33 heavy (non-hydrogen) atoms. The third-order valence-electron chi connectivity index (χ3n) is 7.44. The molecule has 0 amide bonds. The Hall–Kier alpha value is -2.26. The lowest BCUT2D eigenvalue weighted by Gasteiger charge is -2.28. The van der Waals surface area contributed by atoms with Gasteiger partial charge in [0.2, 0.25) is 0 Å². The Morgan fingerprint density at radius 1 is 1.12 bits per heavy atom. The second kappa shape index (κ2) is 9.18. The number of aromatic nitrogens is 3. The fourth-order valence-corrected chi connectivity index (χ4v) is 5.73. The number of aryl methyl sites for hydroxylation is 1. The van der Waals surface area contributed by atoms with Gasteiger partial charge in [0, 0.05) is 56.8 Å². The van der Waals surface area contributed by atoms with Crippen LogP contribution in [0, 0.1) is 24.7 Å². The molecule has 0 unspecified atom stereocenters. The van der Waals surface area contributed by atoms with Gasteiger partial charge in [0.05, 0.1) is 5.69 Å². The number of likely N-dealkylation sites (tertiary alicyclic amines) is 1. The van der Waals surface area contributed by atoms with E-state index < -0.39 is 11.7 Å². The topological polar surface area (TPSA) is 63.2 Å². The molecule has 2 aliphatic heterocycles. The van der Waals surface area contributed by atoms with E-state index in [0.717, 1.165) is 70.2 Å². The van der Waals surface area contributed by atoms with E-state index in [4.69, 9.17) is 4.74 Å². The van der Waals surface area contributed by atoms with Crippen molar-refractivity contribution in [3.05, 3.63) is 35.7 Å². The Labute approximate surface area is 191 Å². The van der Waals surface area contributed by atoms with Crippen molar-refractivity contribution < 1.29 is 17.9 Å². The summed E-state index contributed by atoms with van der Waals surface area (Å²) in [4.78, 5) is 6.57. The minimum Gasteiger partial charge on any atom is -0.381 e. The summed E-state index contributed by atoms with van der Waals surface area (Å²) in [6.45, 7) is 6.74. The van der Waals surface area contributed by atoms with Crippen LogP contribution in [0.5, 0.6) is 0 Å². The van der Waals surface area contributed by atoms with Crippen LogP contribution in [0.3, 0.4) is 0 Å². The average molecular weight is 462 g/mol. The van der Waals surface area contributed by atoms with Gasteiger partial charge in [-0.2, -0.15) is 13.2 Å². The van der Waals surface area contributed by atoms with Gasteiger partial charge in [0.25, 0.3) is 0 Å². The summed E-state index contributed by atoms with van der Waals surface area (Å²) < 4.78 is 47.1. The number of pyridine rings is 1. The third kappa shape index (κ3) is 4.99. The molecule has 0 bridgehead atoms. The molecule has 2 aromatic rings. The Balaban J connectivity index is 1.25. The van der Waals surface area contributed by atoms with Crippen LogP contribution >= 0.6 is 0 Å². The Morgan fingerprint density at radius 2 is 1.85 bits per heavy atom. The molecule has 1 saturated carbocycles. The molecule has 2 saturated heterocycles. The van der Waals surface area contributed by atoms with E-state index in [2.05, 4.69) is 25.4 Å². The van der Waals surface area contributed by atoms with Gasteiger partial charge in [-0.25, -0.2) is 0 Å². The Bertz CT molecular complexity index is 965. The maximum atomic E-state index is 13.9. The first-order chi connectivity index (χ1) is 15.9. The van der Waals surface area contributed by atoms with Gasteiger partial charge in [0.1, 0.15) is 5.56 Å². The summed E-state index contributed by atoms with van der Waals surface area (Å²) in [5, 5.41) is 11.2. The smallest absolute Gasteiger partial charge is 0.381 e. The van der Waals surface area contributed by atoms with E-state index in [-0.39, 0.29) is 17.6 Å². The number of anilines is 1. The minimum atomic E-state index is -4.52. The van der Waals surface area contributed by atoms with Crippen molar-refractivity contribution in [2.45, 2.75) is 44.8 Å². The zero-order valence-corrected chi connectivity index (χ0v) is 18.8. The van der Waals surface area contributed by atoms with Crippen molar-refractivity contribution in [1.29, 1.82) is 0 Å². The van der Waals surface area contributed by atoms with Gasteiger partial charge in [-0.15, -0.1) is 10.2 Å². The number of nitrogens with zero attached hydrogens (tertiary/aromatic N) is 4. The highest BCUT2D eigenvalue weighted by molar-refractivity contribution is 5.64. The monoisotopic (exact) mass is 461 g/mol. The number of halogens is 3. The highest BCUT2D eigenvalue weighted by Crippen LogP contribution is 2.42. The van der Waals surface area contributed by atoms with Gasteiger partial charge < -0.3 is 15.0 Å². The summed E-state index contributed by atoms with van der Waals surface area (Å²) in [5.41, 5.74) is 0.781. The second-order valence-corrected chi connectivity index (χ2v) is 9.79. The van der Waals surface area contributed by atoms with Crippen LogP contribution < -0.4 is 5.32 Å². The molecule has 2 aromatic heterocycles. The van der Waals surface area contributed by atoms with Gasteiger partial charge in [0.15, 0.2) is 5.82 Å². The molecule has 5 rings (SSSR count). The summed E-state index contributed by atoms with van der Waals surface area (Å²) in [5.74, 6) is 1.60. The molecular weight excluding hydrogens is 431 g/mol. The average Bonchev–Trinajstić information content (AvgIpc) is 3.32. The zero-order valence-electron chi connectivity index (χ0n) is 18.8. The minimum absolute atomic E-state index is 0.00777. The van der Waals surface area contributed by atoms with Crippen molar-refractivity contribution in [1.82, 2.24) is 20.1 Å². The molecule has 1 aliphatic carbocycles. The summed E-state index contributed by atoms with van der Waals surface area (Å²) in [7, 11) is 0. The predicted octanol–water partition coefficient (Wildman–Crippen LogP) is 4.41. The number of nitrogens with one attached hydrogen (secondary N) is 1. The molecule has 4 heterocycles. The molecule has 3 fully saturated rings. The van der Waals surface area contributed by atoms with Crippen molar-refractivity contribution in [2.24, 2.45) is 17.8 Å². The predicted molar refractivity (Wildman–Crippen MR) is 119 cm³/mol. The van der Waals surface area contributed by atoms with Crippen molar-refractivity contribution in [2.75, 3.05) is 38.2 Å². The molecule has 3 aliphatic rings. The lowest BCUT2D eigenvalue weighted by atomic mass is 10.00. The molecule has 6 nitrogen and oxygen atoms in total. The van der Waals surface area contributed by atoms with Crippen LogP contribution in [0.25, 0.3) is 11.3 Å². The normalized spacial score (nSPS) is 26.5. The fourth-order valence-electron chi connectivity index (χ4n) is 5.73. The molecule has 0 radical (unpaired) electrons. The van der Waals surface area contributed by atoms with Crippen LogP contribution in [0.1, 0.15) is 36.8 Å². The second-order valence-electron chi connectivity index (χ2n) is 9.79. The lowest BCUT2D eigenvalue weighted by Crippen LogP contribution is -2.32. The van der Waals surface area contributed by atoms with E-state index in [1.54, 1.807) is 12.3 Å². The fraction of sp³-hybridized carbons (Fsp3) is 0.625. The van der Waals surface area contributed by atoms with Gasteiger partial charge >= 0.3 is 6.18 Å². The van der Waals surface area contributed by atoms with Crippen LogP contribution in [0.4, 0.5) is 19.0 Å². The van der Waals surface area contributed by atoms with Crippen LogP contribution in [0.2, 0.25) is 0 Å². The van der Waals surface area contributed by atoms with E-state index in [0.29, 0.717) is 23.3 Å². The molecule has 9 heteroatoms. The van der Waals surface area contributed by atoms with Crippen molar-refractivity contribution >= 4 is 5.82 Å². The summed E-state index contributed by atoms with van der Waals surface area (Å²) >= 11 is 0. The van der Waals surface area contributed by atoms with Crippen LogP contribution in [-0.2, 0) is 10.9 Å². The number of ether oxygens (including phenoxy) is 1. The Morgan fingerprint density at radius 3 is 2.52 bits per heavy atom. The summed E-state index contributed by atoms with van der Waals surface area (Å²) in [6, 6.07) is 2.83. The van der Waals surface area contributed by atoms with Gasteiger partial charge in [-0.1, -0.05) is 0 Å². The first kappa shape index (κ1) is 22.5. The largest absolute Gasteiger partial charge is 0.420 e. The molecule has 1 N–H and O–H groups in total. The quantitative estimate of drug-likeness (QED) is 0.712. The molecule has 178 valence electrons. The molecule has 0 spiro atoms. The first-order valence-corrected chi connectivity index (χ1v) is 11.8. The highest BCUT2D eigenvalue weighted by atomic mass is 19.4. The molecule has 3 atom stereocenters. The Kier molecular flexibility index (Phi) is 6.26. The number of rotatable bonds is 5. The number of fused-ring (bicyclic) bond motifs is 1. The van der Waals surface area contributed by atoms with Crippen molar-refractivity contribution in [3.63, 3.8) is 0 Å². The SMILES string of the molecule is Cc1ccncc1-c1cc(C(F)(F)F)c(N[C@@H]2C[C@@H]3CN(CC4CCOCC4)C[C@@H]3C2)nn1. The van der Waals surface area contributed by atoms with Crippen molar-refractivity contribution in [3.8, 4) is 11.3 Å². The van der Waals surface area contributed by atoms with Crippen LogP contribution in [-0.4, -0.2) is 59.0 Å². The first-order valence-electron chi connectivity index (χ1n) is 11.8. The maximum absolute atomic E-state index is 13.9. The molecular formula is C24H30F3N5O. The number of hydrogen-bond acceptors (Lipinski definition) is 6. The van der Waals surface area contributed by atoms with Gasteiger partial charge in [-0.05, 0) is 68.1 Å². The standard InChI is InChI=1S/C24H30F3N5O/c1-15-2-5-28-11-20(15)22-10-21(24(25,26)27)23(31-30-22)29-19-8-17-13-32(14-18(17)9-19)12-16-3-6-33-7-4-16/h2,5,10-11,16-19H,3-4,6-9,12-14H2,1H3,(H,29,31)/t17-,18+,19-. The highest BCUT2D eigenvalue weighted by Gasteiger charge is 2.43. The molecule has 0 aromatic carbocycles. The zero-order chi connectivity index (χ0) is 23.0. The lowest BCUT2D eigenvalue weighted by molar-refractivity contribution is -0.137. The number of alkyl halides is 3. The summed E-state index contributed by atoms with van der Waals surface area (Å²) in [6.07, 6.45) is 2.62.